The lowest BCUT2D eigenvalue weighted by Crippen LogP contribution is -2.41. The van der Waals surface area contributed by atoms with E-state index in [0.29, 0.717) is 13.0 Å². The minimum Gasteiger partial charge on any atom is -0.467 e. The van der Waals surface area contributed by atoms with E-state index in [1.54, 1.807) is 0 Å². The molecule has 1 aliphatic rings. The summed E-state index contributed by atoms with van der Waals surface area (Å²) in [5.74, 6) is -1.35. The van der Waals surface area contributed by atoms with E-state index in [2.05, 4.69) is 4.74 Å². The van der Waals surface area contributed by atoms with Gasteiger partial charge in [-0.3, -0.25) is 4.79 Å². The van der Waals surface area contributed by atoms with Gasteiger partial charge in [0.05, 0.1) is 12.1 Å². The summed E-state index contributed by atoms with van der Waals surface area (Å²) in [4.78, 5) is 25.3. The number of likely N-dealkylation sites (tertiary alicyclic amines) is 1. The van der Waals surface area contributed by atoms with Crippen LogP contribution in [0.3, 0.4) is 0 Å². The average Bonchev–Trinajstić information content (AvgIpc) is 2.89. The first-order chi connectivity index (χ1) is 9.04. The number of ether oxygens (including phenoxy) is 1. The number of nitrogens with zero attached hydrogens (tertiary/aromatic N) is 1. The molecule has 1 aliphatic heterocycles. The molecule has 19 heavy (non-hydrogen) atoms. The van der Waals surface area contributed by atoms with Crippen molar-refractivity contribution < 1.29 is 18.7 Å². The molecule has 4 nitrogen and oxygen atoms in total. The van der Waals surface area contributed by atoms with E-state index in [9.17, 15) is 14.0 Å². The normalized spacial score (nSPS) is 18.5. The Morgan fingerprint density at radius 3 is 2.84 bits per heavy atom. The van der Waals surface area contributed by atoms with Gasteiger partial charge in [-0.15, -0.1) is 0 Å². The molecule has 0 N–H and O–H groups in total. The Balaban J connectivity index is 2.23. The third-order valence-corrected chi connectivity index (χ3v) is 3.44. The van der Waals surface area contributed by atoms with Crippen molar-refractivity contribution in [3.8, 4) is 0 Å². The van der Waals surface area contributed by atoms with Crippen LogP contribution in [0.4, 0.5) is 4.39 Å². The summed E-state index contributed by atoms with van der Waals surface area (Å²) < 4.78 is 17.7. The molecule has 1 heterocycles. The molecule has 1 amide bonds. The van der Waals surface area contributed by atoms with Crippen molar-refractivity contribution >= 4 is 23.5 Å². The van der Waals surface area contributed by atoms with Crippen LogP contribution in [-0.4, -0.2) is 36.5 Å². The minimum absolute atomic E-state index is 0.111. The summed E-state index contributed by atoms with van der Waals surface area (Å²) in [5, 5.41) is -0.111. The summed E-state index contributed by atoms with van der Waals surface area (Å²) in [6.07, 6.45) is 1.31. The van der Waals surface area contributed by atoms with Gasteiger partial charge in [0.1, 0.15) is 11.9 Å². The van der Waals surface area contributed by atoms with Crippen molar-refractivity contribution in [3.05, 3.63) is 34.6 Å². The lowest BCUT2D eigenvalue weighted by atomic mass is 10.1. The van der Waals surface area contributed by atoms with Gasteiger partial charge < -0.3 is 9.64 Å². The number of hydrogen-bond donors (Lipinski definition) is 0. The number of halogens is 2. The molecule has 0 aromatic heterocycles. The second-order valence-corrected chi connectivity index (χ2v) is 4.72. The molecule has 1 saturated heterocycles. The molecule has 0 saturated carbocycles. The van der Waals surface area contributed by atoms with Crippen molar-refractivity contribution in [1.82, 2.24) is 4.90 Å². The third-order valence-electron chi connectivity index (χ3n) is 3.15. The Morgan fingerprint density at radius 2 is 2.21 bits per heavy atom. The number of amides is 1. The highest BCUT2D eigenvalue weighted by atomic mass is 35.5. The van der Waals surface area contributed by atoms with Gasteiger partial charge in [-0.2, -0.15) is 0 Å². The maximum Gasteiger partial charge on any atom is 0.328 e. The van der Waals surface area contributed by atoms with Crippen molar-refractivity contribution in [1.29, 1.82) is 0 Å². The maximum absolute atomic E-state index is 13.1. The van der Waals surface area contributed by atoms with Gasteiger partial charge in [-0.05, 0) is 31.0 Å². The predicted octanol–water partition coefficient (Wildman–Crippen LogP) is 2.26. The summed E-state index contributed by atoms with van der Waals surface area (Å²) >= 11 is 5.65. The molecule has 0 aliphatic carbocycles. The standard InChI is InChI=1S/C13H13ClFNO3/c1-19-13(18)11-3-2-6-16(11)12(17)8-4-5-10(15)9(14)7-8/h4-5,7,11H,2-3,6H2,1H3. The molecule has 6 heteroatoms. The molecule has 2 rings (SSSR count). The van der Waals surface area contributed by atoms with Crippen LogP contribution in [-0.2, 0) is 9.53 Å². The van der Waals surface area contributed by atoms with Crippen LogP contribution in [0.5, 0.6) is 0 Å². The first-order valence-corrected chi connectivity index (χ1v) is 6.26. The van der Waals surface area contributed by atoms with E-state index < -0.39 is 17.8 Å². The summed E-state index contributed by atoms with van der Waals surface area (Å²) in [6, 6.07) is 3.20. The highest BCUT2D eigenvalue weighted by molar-refractivity contribution is 6.31. The van der Waals surface area contributed by atoms with Gasteiger partial charge in [0.15, 0.2) is 0 Å². The number of rotatable bonds is 2. The summed E-state index contributed by atoms with van der Waals surface area (Å²) in [5.41, 5.74) is 0.266. The van der Waals surface area contributed by atoms with Gasteiger partial charge >= 0.3 is 5.97 Å². The van der Waals surface area contributed by atoms with E-state index in [4.69, 9.17) is 11.6 Å². The Bertz CT molecular complexity index is 521. The second kappa shape index (κ2) is 5.57. The molecule has 1 aromatic rings. The van der Waals surface area contributed by atoms with Crippen molar-refractivity contribution in [2.45, 2.75) is 18.9 Å². The zero-order chi connectivity index (χ0) is 14.0. The van der Waals surface area contributed by atoms with Gasteiger partial charge in [-0.25, -0.2) is 9.18 Å². The molecule has 0 radical (unpaired) electrons. The van der Waals surface area contributed by atoms with Crippen LogP contribution in [0, 0.1) is 5.82 Å². The summed E-state index contributed by atoms with van der Waals surface area (Å²) in [7, 11) is 1.29. The van der Waals surface area contributed by atoms with E-state index >= 15 is 0 Å². The number of hydrogen-bond acceptors (Lipinski definition) is 3. The summed E-state index contributed by atoms with van der Waals surface area (Å²) in [6.45, 7) is 0.480. The smallest absolute Gasteiger partial charge is 0.328 e. The molecular formula is C13H13ClFNO3. The van der Waals surface area contributed by atoms with Gasteiger partial charge in [-0.1, -0.05) is 11.6 Å². The van der Waals surface area contributed by atoms with Crippen LogP contribution in [0.25, 0.3) is 0 Å². The third kappa shape index (κ3) is 2.71. The van der Waals surface area contributed by atoms with Crippen LogP contribution in [0.1, 0.15) is 23.2 Å². The molecule has 1 aromatic carbocycles. The zero-order valence-corrected chi connectivity index (χ0v) is 11.1. The first kappa shape index (κ1) is 13.8. The largest absolute Gasteiger partial charge is 0.467 e. The topological polar surface area (TPSA) is 46.6 Å². The fourth-order valence-electron chi connectivity index (χ4n) is 2.19. The van der Waals surface area contributed by atoms with Crippen molar-refractivity contribution in [2.24, 2.45) is 0 Å². The Kier molecular flexibility index (Phi) is 4.04. The van der Waals surface area contributed by atoms with Crippen LogP contribution >= 0.6 is 11.6 Å². The Hall–Kier alpha value is -1.62. The highest BCUT2D eigenvalue weighted by Gasteiger charge is 2.35. The number of esters is 1. The van der Waals surface area contributed by atoms with Gasteiger partial charge in [0.2, 0.25) is 0 Å². The second-order valence-electron chi connectivity index (χ2n) is 4.31. The van der Waals surface area contributed by atoms with E-state index in [1.807, 2.05) is 0 Å². The van der Waals surface area contributed by atoms with Crippen molar-refractivity contribution in [2.75, 3.05) is 13.7 Å². The van der Waals surface area contributed by atoms with E-state index in [0.717, 1.165) is 12.5 Å². The first-order valence-electron chi connectivity index (χ1n) is 5.88. The van der Waals surface area contributed by atoms with Crippen LogP contribution in [0.2, 0.25) is 5.02 Å². The molecule has 1 unspecified atom stereocenters. The lowest BCUT2D eigenvalue weighted by Gasteiger charge is -2.22. The molecule has 1 atom stereocenters. The monoisotopic (exact) mass is 285 g/mol. The number of methoxy groups -OCH3 is 1. The quantitative estimate of drug-likeness (QED) is 0.783. The van der Waals surface area contributed by atoms with E-state index in [-0.39, 0.29) is 16.5 Å². The number of benzene rings is 1. The van der Waals surface area contributed by atoms with Gasteiger partial charge in [0, 0.05) is 12.1 Å². The molecule has 1 fully saturated rings. The zero-order valence-electron chi connectivity index (χ0n) is 10.4. The Labute approximate surface area is 115 Å². The average molecular weight is 286 g/mol. The molecule has 0 spiro atoms. The fourth-order valence-corrected chi connectivity index (χ4v) is 2.37. The molecule has 102 valence electrons. The fraction of sp³-hybridized carbons (Fsp3) is 0.385. The minimum atomic E-state index is -0.579. The molecular weight excluding hydrogens is 273 g/mol. The maximum atomic E-state index is 13.1. The van der Waals surface area contributed by atoms with E-state index in [1.165, 1.54) is 24.1 Å². The van der Waals surface area contributed by atoms with Crippen LogP contribution in [0.15, 0.2) is 18.2 Å². The van der Waals surface area contributed by atoms with Crippen molar-refractivity contribution in [3.63, 3.8) is 0 Å². The SMILES string of the molecule is COC(=O)C1CCCN1C(=O)c1ccc(F)c(Cl)c1. The number of carbonyl (C=O) groups is 2. The lowest BCUT2D eigenvalue weighted by molar-refractivity contribution is -0.145. The van der Waals surface area contributed by atoms with Gasteiger partial charge in [0.25, 0.3) is 5.91 Å². The highest BCUT2D eigenvalue weighted by Crippen LogP contribution is 2.23. The molecule has 0 bridgehead atoms. The predicted molar refractivity (Wildman–Crippen MR) is 67.5 cm³/mol. The number of carbonyl (C=O) groups excluding carboxylic acids is 2. The van der Waals surface area contributed by atoms with Crippen LogP contribution < -0.4 is 0 Å². The Morgan fingerprint density at radius 1 is 1.47 bits per heavy atom.